The molecule has 1 aromatic rings. The molecule has 1 aliphatic rings. The van der Waals surface area contributed by atoms with Crippen LogP contribution in [0.25, 0.3) is 0 Å². The molecule has 1 fully saturated rings. The van der Waals surface area contributed by atoms with Crippen molar-refractivity contribution in [2.45, 2.75) is 56.9 Å². The van der Waals surface area contributed by atoms with Crippen LogP contribution in [0.2, 0.25) is 0 Å². The zero-order valence-corrected chi connectivity index (χ0v) is 14.7. The van der Waals surface area contributed by atoms with Crippen molar-refractivity contribution in [1.29, 1.82) is 0 Å². The Bertz CT molecular complexity index is 641. The van der Waals surface area contributed by atoms with Gasteiger partial charge in [-0.25, -0.2) is 13.4 Å². The van der Waals surface area contributed by atoms with Crippen molar-refractivity contribution in [3.63, 3.8) is 0 Å². The summed E-state index contributed by atoms with van der Waals surface area (Å²) in [6.07, 6.45) is 5.89. The van der Waals surface area contributed by atoms with Crippen LogP contribution in [0.3, 0.4) is 0 Å². The Morgan fingerprint density at radius 2 is 1.96 bits per heavy atom. The molecule has 1 aliphatic carbocycles. The summed E-state index contributed by atoms with van der Waals surface area (Å²) in [6.45, 7) is 4.02. The minimum Gasteiger partial charge on any atom is -0.368 e. The molecule has 0 spiro atoms. The van der Waals surface area contributed by atoms with E-state index in [1.807, 2.05) is 13.8 Å². The Morgan fingerprint density at radius 3 is 2.52 bits per heavy atom. The number of rotatable bonds is 5. The van der Waals surface area contributed by atoms with E-state index in [4.69, 9.17) is 0 Å². The molecule has 1 heterocycles. The highest BCUT2D eigenvalue weighted by Gasteiger charge is 2.33. The van der Waals surface area contributed by atoms with Gasteiger partial charge in [-0.05, 0) is 38.8 Å². The first kappa shape index (κ1) is 17.7. The van der Waals surface area contributed by atoms with Crippen LogP contribution in [0, 0.1) is 0 Å². The summed E-state index contributed by atoms with van der Waals surface area (Å²) in [7, 11) is -3.16. The number of hydrogen-bond acceptors (Lipinski definition) is 5. The van der Waals surface area contributed by atoms with E-state index in [0.717, 1.165) is 12.8 Å². The molecule has 128 valence electrons. The number of aromatic nitrogens is 1. The summed E-state index contributed by atoms with van der Waals surface area (Å²) in [5, 5.41) is 5.54. The average Bonchev–Trinajstić information content (AvgIpc) is 2.46. The van der Waals surface area contributed by atoms with Crippen molar-refractivity contribution in [3.05, 3.63) is 23.9 Å². The van der Waals surface area contributed by atoms with Gasteiger partial charge in [0.2, 0.25) is 0 Å². The predicted octanol–water partition coefficient (Wildman–Crippen LogP) is 1.99. The van der Waals surface area contributed by atoms with Crippen molar-refractivity contribution < 1.29 is 13.2 Å². The van der Waals surface area contributed by atoms with Crippen LogP contribution in [0.5, 0.6) is 0 Å². The molecule has 0 bridgehead atoms. The second kappa shape index (κ2) is 7.29. The normalized spacial score (nSPS) is 21.9. The van der Waals surface area contributed by atoms with E-state index in [0.29, 0.717) is 24.2 Å². The van der Waals surface area contributed by atoms with Crippen LogP contribution in [-0.4, -0.2) is 42.9 Å². The molecule has 23 heavy (non-hydrogen) atoms. The van der Waals surface area contributed by atoms with Crippen LogP contribution < -0.4 is 10.6 Å². The van der Waals surface area contributed by atoms with E-state index in [9.17, 15) is 13.2 Å². The highest BCUT2D eigenvalue weighted by Crippen LogP contribution is 2.24. The standard InChI is InChI=1S/C16H25N3O3S/c1-11(2)18-15-9-8-12(10-17-15)16(20)19-13-6-4-5-7-14(13)23(3,21)22/h8-11,13-14H,4-7H2,1-3H3,(H,17,18)(H,19,20)/t13-,14-/m1/s1. The van der Waals surface area contributed by atoms with Gasteiger partial charge in [-0.1, -0.05) is 12.8 Å². The quantitative estimate of drug-likeness (QED) is 0.856. The molecule has 0 aromatic carbocycles. The van der Waals surface area contributed by atoms with Gasteiger partial charge >= 0.3 is 0 Å². The zero-order chi connectivity index (χ0) is 17.0. The number of nitrogens with zero attached hydrogens (tertiary/aromatic N) is 1. The molecule has 0 aliphatic heterocycles. The first-order valence-corrected chi connectivity index (χ1v) is 9.95. The molecule has 1 saturated carbocycles. The zero-order valence-electron chi connectivity index (χ0n) is 13.9. The Morgan fingerprint density at radius 1 is 1.26 bits per heavy atom. The Balaban J connectivity index is 2.05. The van der Waals surface area contributed by atoms with Crippen LogP contribution in [0.1, 0.15) is 49.9 Å². The molecule has 2 atom stereocenters. The monoisotopic (exact) mass is 339 g/mol. The fourth-order valence-corrected chi connectivity index (χ4v) is 4.33. The third kappa shape index (κ3) is 4.92. The van der Waals surface area contributed by atoms with E-state index < -0.39 is 15.1 Å². The van der Waals surface area contributed by atoms with Crippen LogP contribution >= 0.6 is 0 Å². The molecular weight excluding hydrogens is 314 g/mol. The lowest BCUT2D eigenvalue weighted by atomic mass is 9.94. The third-order valence-corrected chi connectivity index (χ3v) is 5.70. The van der Waals surface area contributed by atoms with Crippen molar-refractivity contribution >= 4 is 21.6 Å². The number of sulfone groups is 1. The molecule has 0 radical (unpaired) electrons. The molecule has 1 amide bonds. The maximum absolute atomic E-state index is 12.4. The Kier molecular flexibility index (Phi) is 5.62. The SMILES string of the molecule is CC(C)Nc1ccc(C(=O)N[C@@H]2CCCC[C@H]2S(C)(=O)=O)cn1. The van der Waals surface area contributed by atoms with E-state index in [1.54, 1.807) is 12.1 Å². The molecule has 0 unspecified atom stereocenters. The number of nitrogens with one attached hydrogen (secondary N) is 2. The van der Waals surface area contributed by atoms with Crippen LogP contribution in [0.15, 0.2) is 18.3 Å². The van der Waals surface area contributed by atoms with Crippen molar-refractivity contribution in [2.75, 3.05) is 11.6 Å². The number of carbonyl (C=O) groups is 1. The lowest BCUT2D eigenvalue weighted by Gasteiger charge is -2.30. The summed E-state index contributed by atoms with van der Waals surface area (Å²) < 4.78 is 23.8. The Hall–Kier alpha value is -1.63. The van der Waals surface area contributed by atoms with Crippen molar-refractivity contribution in [1.82, 2.24) is 10.3 Å². The first-order valence-electron chi connectivity index (χ1n) is 7.99. The summed E-state index contributed by atoms with van der Waals surface area (Å²) in [4.78, 5) is 16.6. The van der Waals surface area contributed by atoms with Gasteiger partial charge in [-0.3, -0.25) is 4.79 Å². The molecule has 7 heteroatoms. The highest BCUT2D eigenvalue weighted by molar-refractivity contribution is 7.91. The smallest absolute Gasteiger partial charge is 0.253 e. The minimum absolute atomic E-state index is 0.264. The molecule has 2 N–H and O–H groups in total. The summed E-state index contributed by atoms with van der Waals surface area (Å²) in [6, 6.07) is 3.40. The first-order chi connectivity index (χ1) is 10.8. The topological polar surface area (TPSA) is 88.2 Å². The number of hydrogen-bond donors (Lipinski definition) is 2. The number of carbonyl (C=O) groups excluding carboxylic acids is 1. The van der Waals surface area contributed by atoms with E-state index in [-0.39, 0.29) is 18.0 Å². The molecule has 2 rings (SSSR count). The lowest BCUT2D eigenvalue weighted by Crippen LogP contribution is -2.48. The number of anilines is 1. The number of pyridine rings is 1. The van der Waals surface area contributed by atoms with Crippen LogP contribution in [-0.2, 0) is 9.84 Å². The van der Waals surface area contributed by atoms with Gasteiger partial charge < -0.3 is 10.6 Å². The minimum atomic E-state index is -3.16. The second-order valence-electron chi connectivity index (χ2n) is 6.46. The average molecular weight is 339 g/mol. The number of amides is 1. The largest absolute Gasteiger partial charge is 0.368 e. The van der Waals surface area contributed by atoms with Gasteiger partial charge in [-0.2, -0.15) is 0 Å². The second-order valence-corrected chi connectivity index (χ2v) is 8.73. The van der Waals surface area contributed by atoms with Gasteiger partial charge in [0.15, 0.2) is 9.84 Å². The van der Waals surface area contributed by atoms with Gasteiger partial charge in [0.1, 0.15) is 5.82 Å². The molecule has 6 nitrogen and oxygen atoms in total. The third-order valence-electron chi connectivity index (χ3n) is 4.03. The van der Waals surface area contributed by atoms with E-state index >= 15 is 0 Å². The maximum Gasteiger partial charge on any atom is 0.253 e. The van der Waals surface area contributed by atoms with E-state index in [2.05, 4.69) is 15.6 Å². The molecular formula is C16H25N3O3S. The maximum atomic E-state index is 12.4. The van der Waals surface area contributed by atoms with E-state index in [1.165, 1.54) is 12.5 Å². The predicted molar refractivity (Wildman–Crippen MR) is 91.3 cm³/mol. The fourth-order valence-electron chi connectivity index (χ4n) is 2.94. The summed E-state index contributed by atoms with van der Waals surface area (Å²) in [5.41, 5.74) is 0.442. The van der Waals surface area contributed by atoms with Gasteiger partial charge in [-0.15, -0.1) is 0 Å². The van der Waals surface area contributed by atoms with Crippen molar-refractivity contribution in [3.8, 4) is 0 Å². The van der Waals surface area contributed by atoms with Gasteiger partial charge in [0.25, 0.3) is 5.91 Å². The van der Waals surface area contributed by atoms with Gasteiger partial charge in [0, 0.05) is 24.5 Å². The molecule has 0 saturated heterocycles. The van der Waals surface area contributed by atoms with Crippen molar-refractivity contribution in [2.24, 2.45) is 0 Å². The summed E-state index contributed by atoms with van der Waals surface area (Å²) >= 11 is 0. The highest BCUT2D eigenvalue weighted by atomic mass is 32.2. The lowest BCUT2D eigenvalue weighted by molar-refractivity contribution is 0.0928. The Labute approximate surface area is 138 Å². The summed E-state index contributed by atoms with van der Waals surface area (Å²) in [5.74, 6) is 0.442. The molecule has 1 aromatic heterocycles. The van der Waals surface area contributed by atoms with Gasteiger partial charge in [0.05, 0.1) is 10.8 Å². The fraction of sp³-hybridized carbons (Fsp3) is 0.625. The van der Waals surface area contributed by atoms with Crippen LogP contribution in [0.4, 0.5) is 5.82 Å².